The van der Waals surface area contributed by atoms with Crippen LogP contribution in [0, 0.1) is 0 Å². The summed E-state index contributed by atoms with van der Waals surface area (Å²) in [6.45, 7) is 2.32. The first kappa shape index (κ1) is 18.1. The van der Waals surface area contributed by atoms with Crippen molar-refractivity contribution in [2.45, 2.75) is 32.0 Å². The van der Waals surface area contributed by atoms with Crippen LogP contribution < -0.4 is 0 Å². The molecule has 1 heterocycles. The summed E-state index contributed by atoms with van der Waals surface area (Å²) in [6.07, 6.45) is 0.532. The van der Waals surface area contributed by atoms with Crippen LogP contribution in [0.1, 0.15) is 36.1 Å². The van der Waals surface area contributed by atoms with Crippen LogP contribution in [0.3, 0.4) is 0 Å². The highest BCUT2D eigenvalue weighted by Crippen LogP contribution is 2.29. The van der Waals surface area contributed by atoms with Crippen LogP contribution in [0.5, 0.6) is 0 Å². The first-order valence-electron chi connectivity index (χ1n) is 8.77. The molecule has 1 aliphatic rings. The molecule has 5 nitrogen and oxygen atoms in total. The fourth-order valence-corrected chi connectivity index (χ4v) is 3.03. The van der Waals surface area contributed by atoms with E-state index in [2.05, 4.69) is 5.16 Å². The standard InChI is InChI=1S/C21H23NO4/c1-3-25-20(21(23)24-2)13-15-8-7-11-17(12-15)18-14-19(26-22-18)16-9-5-4-6-10-16/h4-12,19-20H,3,13-14H2,1-2H3/t19?,20-/m0/s1. The lowest BCUT2D eigenvalue weighted by atomic mass is 9.97. The maximum absolute atomic E-state index is 11.9. The van der Waals surface area contributed by atoms with Crippen molar-refractivity contribution in [3.05, 3.63) is 71.3 Å². The zero-order chi connectivity index (χ0) is 18.4. The molecule has 0 saturated carbocycles. The van der Waals surface area contributed by atoms with Gasteiger partial charge in [-0.15, -0.1) is 0 Å². The molecule has 0 radical (unpaired) electrons. The van der Waals surface area contributed by atoms with Gasteiger partial charge < -0.3 is 14.3 Å². The van der Waals surface area contributed by atoms with E-state index in [1.165, 1.54) is 7.11 Å². The largest absolute Gasteiger partial charge is 0.467 e. The van der Waals surface area contributed by atoms with Gasteiger partial charge in [-0.3, -0.25) is 0 Å². The molecule has 0 aliphatic carbocycles. The molecular formula is C21H23NO4. The number of ether oxygens (including phenoxy) is 2. The number of nitrogens with zero attached hydrogens (tertiary/aromatic N) is 1. The van der Waals surface area contributed by atoms with Crippen LogP contribution >= 0.6 is 0 Å². The Bertz CT molecular complexity index is 773. The van der Waals surface area contributed by atoms with Gasteiger partial charge in [-0.2, -0.15) is 0 Å². The summed E-state index contributed by atoms with van der Waals surface area (Å²) in [7, 11) is 1.37. The topological polar surface area (TPSA) is 57.1 Å². The van der Waals surface area contributed by atoms with Crippen LogP contribution in [-0.4, -0.2) is 31.5 Å². The first-order chi connectivity index (χ1) is 12.7. The van der Waals surface area contributed by atoms with E-state index in [-0.39, 0.29) is 12.1 Å². The smallest absolute Gasteiger partial charge is 0.335 e. The van der Waals surface area contributed by atoms with Crippen molar-refractivity contribution in [2.24, 2.45) is 5.16 Å². The van der Waals surface area contributed by atoms with Crippen molar-refractivity contribution in [2.75, 3.05) is 13.7 Å². The monoisotopic (exact) mass is 353 g/mol. The number of benzene rings is 2. The maximum Gasteiger partial charge on any atom is 0.335 e. The molecule has 0 N–H and O–H groups in total. The molecule has 2 aromatic rings. The molecule has 0 spiro atoms. The molecule has 0 bridgehead atoms. The van der Waals surface area contributed by atoms with E-state index in [9.17, 15) is 4.79 Å². The fourth-order valence-electron chi connectivity index (χ4n) is 3.03. The Morgan fingerprint density at radius 1 is 1.23 bits per heavy atom. The van der Waals surface area contributed by atoms with Crippen LogP contribution in [0.15, 0.2) is 59.8 Å². The van der Waals surface area contributed by atoms with E-state index >= 15 is 0 Å². The molecule has 136 valence electrons. The quantitative estimate of drug-likeness (QED) is 0.713. The van der Waals surface area contributed by atoms with Crippen molar-refractivity contribution < 1.29 is 19.1 Å². The summed E-state index contributed by atoms with van der Waals surface area (Å²) in [4.78, 5) is 17.5. The second kappa shape index (κ2) is 8.63. The summed E-state index contributed by atoms with van der Waals surface area (Å²) in [5, 5.41) is 4.27. The number of methoxy groups -OCH3 is 1. The van der Waals surface area contributed by atoms with Gasteiger partial charge in [0.1, 0.15) is 0 Å². The van der Waals surface area contributed by atoms with E-state index in [4.69, 9.17) is 14.3 Å². The predicted molar refractivity (Wildman–Crippen MR) is 99.0 cm³/mol. The average Bonchev–Trinajstić information content (AvgIpc) is 3.18. The molecule has 26 heavy (non-hydrogen) atoms. The molecular weight excluding hydrogens is 330 g/mol. The Morgan fingerprint density at radius 2 is 2.04 bits per heavy atom. The molecule has 3 rings (SSSR count). The van der Waals surface area contributed by atoms with Gasteiger partial charge in [0, 0.05) is 19.4 Å². The zero-order valence-corrected chi connectivity index (χ0v) is 15.1. The highest BCUT2D eigenvalue weighted by Gasteiger charge is 2.24. The third-order valence-corrected chi connectivity index (χ3v) is 4.35. The summed E-state index contributed by atoms with van der Waals surface area (Å²) in [5.74, 6) is -0.358. The third-order valence-electron chi connectivity index (χ3n) is 4.35. The summed E-state index contributed by atoms with van der Waals surface area (Å²) >= 11 is 0. The van der Waals surface area contributed by atoms with E-state index in [0.29, 0.717) is 13.0 Å². The highest BCUT2D eigenvalue weighted by molar-refractivity contribution is 6.01. The Balaban J connectivity index is 1.70. The van der Waals surface area contributed by atoms with Crippen molar-refractivity contribution in [1.82, 2.24) is 0 Å². The minimum absolute atomic E-state index is 0.0545. The zero-order valence-electron chi connectivity index (χ0n) is 15.1. The van der Waals surface area contributed by atoms with Gasteiger partial charge in [-0.05, 0) is 29.7 Å². The summed E-state index contributed by atoms with van der Waals surface area (Å²) in [6, 6.07) is 18.0. The lowest BCUT2D eigenvalue weighted by Crippen LogP contribution is -2.28. The van der Waals surface area contributed by atoms with Crippen LogP contribution in [0.2, 0.25) is 0 Å². The Morgan fingerprint density at radius 3 is 2.77 bits per heavy atom. The number of rotatable bonds is 7. The Labute approximate surface area is 153 Å². The van der Waals surface area contributed by atoms with Gasteiger partial charge in [-0.1, -0.05) is 53.7 Å². The fraction of sp³-hybridized carbons (Fsp3) is 0.333. The molecule has 2 aromatic carbocycles. The Kier molecular flexibility index (Phi) is 6.02. The van der Waals surface area contributed by atoms with E-state index in [0.717, 1.165) is 28.8 Å². The average molecular weight is 353 g/mol. The van der Waals surface area contributed by atoms with Crippen LogP contribution in [-0.2, 0) is 25.5 Å². The molecule has 1 aliphatic heterocycles. The van der Waals surface area contributed by atoms with Gasteiger partial charge in [0.05, 0.1) is 12.8 Å². The minimum atomic E-state index is -0.598. The number of oxime groups is 1. The third kappa shape index (κ3) is 4.29. The van der Waals surface area contributed by atoms with Crippen molar-refractivity contribution >= 4 is 11.7 Å². The van der Waals surface area contributed by atoms with Crippen molar-refractivity contribution in [3.63, 3.8) is 0 Å². The van der Waals surface area contributed by atoms with Gasteiger partial charge in [0.15, 0.2) is 12.2 Å². The lowest BCUT2D eigenvalue weighted by molar-refractivity contribution is -0.153. The molecule has 5 heteroatoms. The van der Waals surface area contributed by atoms with Gasteiger partial charge in [0.2, 0.25) is 0 Å². The van der Waals surface area contributed by atoms with Gasteiger partial charge in [-0.25, -0.2) is 4.79 Å². The number of carbonyl (C=O) groups excluding carboxylic acids is 1. The van der Waals surface area contributed by atoms with E-state index in [1.54, 1.807) is 0 Å². The Hall–Kier alpha value is -2.66. The number of hydrogen-bond acceptors (Lipinski definition) is 5. The van der Waals surface area contributed by atoms with Crippen molar-refractivity contribution in [1.29, 1.82) is 0 Å². The number of carbonyl (C=O) groups is 1. The molecule has 0 saturated heterocycles. The van der Waals surface area contributed by atoms with Crippen molar-refractivity contribution in [3.8, 4) is 0 Å². The number of hydrogen-bond donors (Lipinski definition) is 0. The highest BCUT2D eigenvalue weighted by atomic mass is 16.6. The van der Waals surface area contributed by atoms with E-state index in [1.807, 2.05) is 61.5 Å². The normalized spacial score (nSPS) is 17.3. The SMILES string of the molecule is CCO[C@@H](Cc1cccc(C2=NOC(c3ccccc3)C2)c1)C(=O)OC. The molecule has 1 unspecified atom stereocenters. The predicted octanol–water partition coefficient (Wildman–Crippen LogP) is 3.67. The number of esters is 1. The molecule has 0 amide bonds. The van der Waals surface area contributed by atoms with Gasteiger partial charge in [0.25, 0.3) is 0 Å². The minimum Gasteiger partial charge on any atom is -0.467 e. The van der Waals surface area contributed by atoms with Gasteiger partial charge >= 0.3 is 5.97 Å². The van der Waals surface area contributed by atoms with Crippen LogP contribution in [0.4, 0.5) is 0 Å². The summed E-state index contributed by atoms with van der Waals surface area (Å²) in [5.41, 5.74) is 4.02. The second-order valence-corrected chi connectivity index (χ2v) is 6.12. The lowest BCUT2D eigenvalue weighted by Gasteiger charge is -2.15. The molecule has 2 atom stereocenters. The van der Waals surface area contributed by atoms with E-state index < -0.39 is 6.10 Å². The summed E-state index contributed by atoms with van der Waals surface area (Å²) < 4.78 is 10.3. The second-order valence-electron chi connectivity index (χ2n) is 6.12. The molecule has 0 aromatic heterocycles. The molecule has 0 fully saturated rings. The van der Waals surface area contributed by atoms with Crippen LogP contribution in [0.25, 0.3) is 0 Å². The maximum atomic E-state index is 11.9. The first-order valence-corrected chi connectivity index (χ1v) is 8.77.